The molecular formula is C16H16N4O4. The minimum absolute atomic E-state index is 0.0132. The molecular weight excluding hydrogens is 312 g/mol. The molecule has 1 unspecified atom stereocenters. The van der Waals surface area contributed by atoms with Crippen molar-refractivity contribution in [1.82, 2.24) is 10.2 Å². The normalized spacial score (nSPS) is 16.3. The minimum Gasteiger partial charge on any atom is -0.504 e. The van der Waals surface area contributed by atoms with Crippen LogP contribution in [0, 0.1) is 11.3 Å². The Hall–Kier alpha value is -3.18. The fourth-order valence-electron chi connectivity index (χ4n) is 2.78. The second-order valence-electron chi connectivity index (χ2n) is 5.21. The summed E-state index contributed by atoms with van der Waals surface area (Å²) in [6.45, 7) is 0.267. The van der Waals surface area contributed by atoms with Crippen molar-refractivity contribution in [2.75, 3.05) is 14.2 Å². The number of nitrogens with zero attached hydrogens (tertiary/aromatic N) is 2. The lowest BCUT2D eigenvalue weighted by Crippen LogP contribution is -2.21. The topological polar surface area (TPSA) is 126 Å². The van der Waals surface area contributed by atoms with E-state index in [9.17, 15) is 10.4 Å². The van der Waals surface area contributed by atoms with Gasteiger partial charge in [0.05, 0.1) is 30.9 Å². The first-order chi connectivity index (χ1) is 11.6. The van der Waals surface area contributed by atoms with Gasteiger partial charge in [0.2, 0.25) is 11.8 Å². The Balaban J connectivity index is 2.19. The maximum Gasteiger partial charge on any atom is 0.244 e. The molecule has 8 heteroatoms. The average molecular weight is 328 g/mol. The summed E-state index contributed by atoms with van der Waals surface area (Å²) in [5, 5.41) is 26.5. The van der Waals surface area contributed by atoms with Gasteiger partial charge in [-0.2, -0.15) is 5.26 Å². The fraction of sp³-hybridized carbons (Fsp3) is 0.250. The molecule has 0 radical (unpaired) electrons. The molecule has 0 saturated heterocycles. The molecule has 4 N–H and O–H groups in total. The maximum absolute atomic E-state index is 10.1. The zero-order chi connectivity index (χ0) is 17.3. The van der Waals surface area contributed by atoms with Gasteiger partial charge in [0, 0.05) is 7.11 Å². The molecule has 0 aliphatic carbocycles. The Morgan fingerprint density at radius 3 is 2.88 bits per heavy atom. The quantitative estimate of drug-likeness (QED) is 0.776. The number of nitriles is 1. The summed E-state index contributed by atoms with van der Waals surface area (Å²) >= 11 is 0. The van der Waals surface area contributed by atoms with Crippen molar-refractivity contribution in [2.45, 2.75) is 12.5 Å². The number of aromatic nitrogens is 2. The van der Waals surface area contributed by atoms with Crippen LogP contribution in [0.1, 0.15) is 22.7 Å². The van der Waals surface area contributed by atoms with Crippen LogP contribution in [0.15, 0.2) is 29.7 Å². The van der Waals surface area contributed by atoms with Gasteiger partial charge in [0.25, 0.3) is 0 Å². The predicted octanol–water partition coefficient (Wildman–Crippen LogP) is 1.49. The summed E-state index contributed by atoms with van der Waals surface area (Å²) in [5.74, 6) is 0.0561. The highest BCUT2D eigenvalue weighted by molar-refractivity contribution is 5.57. The lowest BCUT2D eigenvalue weighted by molar-refractivity contribution is 0.180. The molecule has 0 saturated carbocycles. The van der Waals surface area contributed by atoms with Crippen molar-refractivity contribution in [3.05, 3.63) is 46.5 Å². The SMILES string of the molecule is COCc1[nH]nc2c1C(c1ccc(OC)c(O)c1)C(C#N)=C(N)O2. The molecule has 0 amide bonds. The van der Waals surface area contributed by atoms with Crippen molar-refractivity contribution in [3.63, 3.8) is 0 Å². The smallest absolute Gasteiger partial charge is 0.244 e. The van der Waals surface area contributed by atoms with E-state index in [2.05, 4.69) is 16.3 Å². The number of methoxy groups -OCH3 is 2. The number of nitrogens with two attached hydrogens (primary N) is 1. The Labute approximate surface area is 138 Å². The van der Waals surface area contributed by atoms with Crippen LogP contribution in [-0.2, 0) is 11.3 Å². The molecule has 1 aliphatic heterocycles. The molecule has 2 heterocycles. The zero-order valence-corrected chi connectivity index (χ0v) is 13.2. The van der Waals surface area contributed by atoms with Gasteiger partial charge < -0.3 is 25.1 Å². The van der Waals surface area contributed by atoms with E-state index in [4.69, 9.17) is 19.9 Å². The lowest BCUT2D eigenvalue weighted by Gasteiger charge is -2.24. The molecule has 2 aromatic rings. The first kappa shape index (κ1) is 15.7. The molecule has 24 heavy (non-hydrogen) atoms. The van der Waals surface area contributed by atoms with E-state index in [0.29, 0.717) is 28.5 Å². The van der Waals surface area contributed by atoms with Crippen LogP contribution < -0.4 is 15.2 Å². The van der Waals surface area contributed by atoms with Crippen LogP contribution in [0.3, 0.4) is 0 Å². The third-order valence-corrected chi connectivity index (χ3v) is 3.84. The molecule has 0 spiro atoms. The summed E-state index contributed by atoms with van der Waals surface area (Å²) in [5.41, 5.74) is 8.11. The van der Waals surface area contributed by atoms with E-state index in [0.717, 1.165) is 0 Å². The number of H-pyrrole nitrogens is 1. The van der Waals surface area contributed by atoms with Gasteiger partial charge in [0.1, 0.15) is 11.6 Å². The van der Waals surface area contributed by atoms with Gasteiger partial charge in [-0.15, -0.1) is 5.10 Å². The number of phenolic OH excluding ortho intramolecular Hbond substituents is 1. The molecule has 0 bridgehead atoms. The number of rotatable bonds is 4. The van der Waals surface area contributed by atoms with Crippen molar-refractivity contribution >= 4 is 0 Å². The second-order valence-corrected chi connectivity index (χ2v) is 5.21. The fourth-order valence-corrected chi connectivity index (χ4v) is 2.78. The van der Waals surface area contributed by atoms with Gasteiger partial charge in [0.15, 0.2) is 11.5 Å². The van der Waals surface area contributed by atoms with E-state index in [-0.39, 0.29) is 23.8 Å². The van der Waals surface area contributed by atoms with Gasteiger partial charge in [-0.1, -0.05) is 6.07 Å². The summed E-state index contributed by atoms with van der Waals surface area (Å²) in [4.78, 5) is 0. The molecule has 1 aromatic heterocycles. The first-order valence-electron chi connectivity index (χ1n) is 7.11. The summed E-state index contributed by atoms with van der Waals surface area (Å²) in [7, 11) is 3.02. The molecule has 0 fully saturated rings. The number of hydrogen-bond acceptors (Lipinski definition) is 7. The number of hydrogen-bond donors (Lipinski definition) is 3. The molecule has 124 valence electrons. The van der Waals surface area contributed by atoms with Gasteiger partial charge in [-0.3, -0.25) is 5.10 Å². The maximum atomic E-state index is 10.1. The Morgan fingerprint density at radius 1 is 1.46 bits per heavy atom. The summed E-state index contributed by atoms with van der Waals surface area (Å²) < 4.78 is 15.7. The molecule has 3 rings (SSSR count). The van der Waals surface area contributed by atoms with E-state index in [1.807, 2.05) is 0 Å². The van der Waals surface area contributed by atoms with Crippen LogP contribution >= 0.6 is 0 Å². The largest absolute Gasteiger partial charge is 0.504 e. The van der Waals surface area contributed by atoms with Crippen molar-refractivity contribution in [1.29, 1.82) is 5.26 Å². The van der Waals surface area contributed by atoms with E-state index >= 15 is 0 Å². The highest BCUT2D eigenvalue weighted by atomic mass is 16.5. The summed E-state index contributed by atoms with van der Waals surface area (Å²) in [6, 6.07) is 7.00. The number of aromatic hydroxyl groups is 1. The number of aromatic amines is 1. The number of nitrogens with one attached hydrogen (secondary N) is 1. The summed E-state index contributed by atoms with van der Waals surface area (Å²) in [6.07, 6.45) is 0. The van der Waals surface area contributed by atoms with Gasteiger partial charge in [-0.25, -0.2) is 0 Å². The predicted molar refractivity (Wildman–Crippen MR) is 83.3 cm³/mol. The highest BCUT2D eigenvalue weighted by Crippen LogP contribution is 2.44. The Kier molecular flexibility index (Phi) is 4.02. The standard InChI is InChI=1S/C16H16N4O4/c1-22-7-10-14-13(8-3-4-12(23-2)11(21)5-8)9(6-17)15(18)24-16(14)20-19-10/h3-5,13,21H,7,18H2,1-2H3,(H,19,20). The Bertz CT molecular complexity index is 850. The molecule has 1 aliphatic rings. The average Bonchev–Trinajstić information content (AvgIpc) is 2.96. The Morgan fingerprint density at radius 2 is 2.25 bits per heavy atom. The number of fused-ring (bicyclic) bond motifs is 1. The second kappa shape index (κ2) is 6.14. The minimum atomic E-state index is -0.528. The zero-order valence-electron chi connectivity index (χ0n) is 13.2. The third-order valence-electron chi connectivity index (χ3n) is 3.84. The number of allylic oxidation sites excluding steroid dienone is 1. The third kappa shape index (κ3) is 2.41. The van der Waals surface area contributed by atoms with Crippen LogP contribution in [-0.4, -0.2) is 29.5 Å². The number of ether oxygens (including phenoxy) is 3. The van der Waals surface area contributed by atoms with E-state index < -0.39 is 5.92 Å². The lowest BCUT2D eigenvalue weighted by atomic mass is 9.84. The number of benzene rings is 1. The van der Waals surface area contributed by atoms with Gasteiger partial charge >= 0.3 is 0 Å². The molecule has 1 aromatic carbocycles. The van der Waals surface area contributed by atoms with E-state index in [1.54, 1.807) is 19.2 Å². The van der Waals surface area contributed by atoms with Crippen molar-refractivity contribution in [3.8, 4) is 23.4 Å². The number of phenols is 1. The van der Waals surface area contributed by atoms with Gasteiger partial charge in [-0.05, 0) is 17.7 Å². The monoisotopic (exact) mass is 328 g/mol. The molecule has 8 nitrogen and oxygen atoms in total. The van der Waals surface area contributed by atoms with Crippen molar-refractivity contribution in [2.24, 2.45) is 5.73 Å². The van der Waals surface area contributed by atoms with E-state index in [1.165, 1.54) is 13.2 Å². The van der Waals surface area contributed by atoms with Crippen LogP contribution in [0.5, 0.6) is 17.4 Å². The molecule has 1 atom stereocenters. The van der Waals surface area contributed by atoms with Crippen molar-refractivity contribution < 1.29 is 19.3 Å². The van der Waals surface area contributed by atoms with Crippen LogP contribution in [0.4, 0.5) is 0 Å². The van der Waals surface area contributed by atoms with Crippen LogP contribution in [0.2, 0.25) is 0 Å². The highest BCUT2D eigenvalue weighted by Gasteiger charge is 2.35. The van der Waals surface area contributed by atoms with Crippen LogP contribution in [0.25, 0.3) is 0 Å². The first-order valence-corrected chi connectivity index (χ1v) is 7.11.